The van der Waals surface area contributed by atoms with Gasteiger partial charge >= 0.3 is 0 Å². The number of aryl methyl sites for hydroxylation is 1. The van der Waals surface area contributed by atoms with Gasteiger partial charge in [0.2, 0.25) is 0 Å². The molecule has 150 valence electrons. The van der Waals surface area contributed by atoms with E-state index in [4.69, 9.17) is 4.74 Å². The van der Waals surface area contributed by atoms with Crippen LogP contribution >= 0.6 is 9.24 Å². The van der Waals surface area contributed by atoms with Gasteiger partial charge in [-0.15, -0.1) is 9.24 Å². The molecule has 1 saturated carbocycles. The second-order valence-corrected chi connectivity index (χ2v) is 8.74. The molecule has 1 aliphatic carbocycles. The second-order valence-electron chi connectivity index (χ2n) is 8.34. The Morgan fingerprint density at radius 1 is 0.931 bits per heavy atom. The van der Waals surface area contributed by atoms with Gasteiger partial charge < -0.3 is 4.74 Å². The predicted molar refractivity (Wildman–Crippen MR) is 129 cm³/mol. The van der Waals surface area contributed by atoms with E-state index >= 15 is 0 Å². The minimum Gasteiger partial charge on any atom is -0.490 e. The molecule has 4 rings (SSSR count). The number of rotatable bonds is 6. The smallest absolute Gasteiger partial charge is 0.119 e. The van der Waals surface area contributed by atoms with Crippen molar-refractivity contribution in [2.75, 3.05) is 6.16 Å². The minimum atomic E-state index is 0.396. The SMILES string of the molecule is C=C(CP)Cc1ccc(C)c2cc(-c3ccc(OC4CCCCC4)cc3)ccc12. The van der Waals surface area contributed by atoms with Gasteiger partial charge in [0, 0.05) is 0 Å². The van der Waals surface area contributed by atoms with Crippen LogP contribution in [0.4, 0.5) is 0 Å². The molecule has 1 unspecified atom stereocenters. The van der Waals surface area contributed by atoms with E-state index in [2.05, 4.69) is 77.3 Å². The maximum Gasteiger partial charge on any atom is 0.119 e. The van der Waals surface area contributed by atoms with Crippen molar-refractivity contribution in [2.45, 2.75) is 51.6 Å². The van der Waals surface area contributed by atoms with Crippen molar-refractivity contribution < 1.29 is 4.74 Å². The topological polar surface area (TPSA) is 9.23 Å². The number of hydrogen-bond donors (Lipinski definition) is 0. The van der Waals surface area contributed by atoms with Gasteiger partial charge in [0.1, 0.15) is 5.75 Å². The number of hydrogen-bond acceptors (Lipinski definition) is 1. The predicted octanol–water partition coefficient (Wildman–Crippen LogP) is 7.50. The summed E-state index contributed by atoms with van der Waals surface area (Å²) >= 11 is 0. The first kappa shape index (κ1) is 20.2. The summed E-state index contributed by atoms with van der Waals surface area (Å²) < 4.78 is 6.19. The summed E-state index contributed by atoms with van der Waals surface area (Å²) in [4.78, 5) is 0. The summed E-state index contributed by atoms with van der Waals surface area (Å²) in [6, 6.07) is 20.0. The van der Waals surface area contributed by atoms with Crippen LogP contribution in [0.3, 0.4) is 0 Å². The molecule has 0 heterocycles. The molecule has 2 heteroatoms. The van der Waals surface area contributed by atoms with Crippen molar-refractivity contribution in [1.29, 1.82) is 0 Å². The van der Waals surface area contributed by atoms with Crippen LogP contribution in [0.25, 0.3) is 21.9 Å². The Hall–Kier alpha value is -2.11. The van der Waals surface area contributed by atoms with E-state index in [0.717, 1.165) is 18.3 Å². The maximum absolute atomic E-state index is 6.19. The lowest BCUT2D eigenvalue weighted by atomic mass is 9.93. The standard InChI is InChI=1S/C27H31OP/c1-19(18-29)16-23-9-8-20(2)27-17-22(12-15-26(23)27)21-10-13-25(14-11-21)28-24-6-4-3-5-7-24/h8-15,17,24H,1,3-7,16,18,29H2,2H3. The lowest BCUT2D eigenvalue weighted by Gasteiger charge is -2.23. The van der Waals surface area contributed by atoms with Gasteiger partial charge in [-0.2, -0.15) is 0 Å². The van der Waals surface area contributed by atoms with Crippen LogP contribution in [0.2, 0.25) is 0 Å². The largest absolute Gasteiger partial charge is 0.490 e. The van der Waals surface area contributed by atoms with Gasteiger partial charge in [0.25, 0.3) is 0 Å². The Kier molecular flexibility index (Phi) is 6.36. The zero-order chi connectivity index (χ0) is 20.2. The van der Waals surface area contributed by atoms with Crippen molar-refractivity contribution in [3.63, 3.8) is 0 Å². The lowest BCUT2D eigenvalue weighted by Crippen LogP contribution is -2.19. The van der Waals surface area contributed by atoms with E-state index in [1.54, 1.807) is 0 Å². The molecule has 0 aliphatic heterocycles. The highest BCUT2D eigenvalue weighted by Crippen LogP contribution is 2.31. The molecule has 0 saturated heterocycles. The first-order valence-electron chi connectivity index (χ1n) is 10.8. The molecule has 3 aromatic rings. The van der Waals surface area contributed by atoms with E-state index in [0.29, 0.717) is 6.10 Å². The molecule has 1 nitrogen and oxygen atoms in total. The molecule has 29 heavy (non-hydrogen) atoms. The highest BCUT2D eigenvalue weighted by Gasteiger charge is 2.15. The highest BCUT2D eigenvalue weighted by atomic mass is 31.0. The zero-order valence-electron chi connectivity index (χ0n) is 17.4. The molecule has 1 atom stereocenters. The van der Waals surface area contributed by atoms with Crippen molar-refractivity contribution in [3.8, 4) is 16.9 Å². The first-order valence-corrected chi connectivity index (χ1v) is 11.6. The molecule has 0 amide bonds. The molecule has 0 bridgehead atoms. The summed E-state index contributed by atoms with van der Waals surface area (Å²) in [5, 5.41) is 2.67. The van der Waals surface area contributed by atoms with E-state index < -0.39 is 0 Å². The Labute approximate surface area is 177 Å². The normalized spacial score (nSPS) is 14.8. The molecule has 0 spiro atoms. The number of allylic oxidation sites excluding steroid dienone is 1. The van der Waals surface area contributed by atoms with Gasteiger partial charge in [-0.05, 0) is 96.4 Å². The molecule has 1 aliphatic rings. The van der Waals surface area contributed by atoms with E-state index in [-0.39, 0.29) is 0 Å². The fourth-order valence-electron chi connectivity index (χ4n) is 4.33. The molecule has 3 aromatic carbocycles. The zero-order valence-corrected chi connectivity index (χ0v) is 18.6. The van der Waals surface area contributed by atoms with Crippen LogP contribution in [-0.4, -0.2) is 12.3 Å². The summed E-state index contributed by atoms with van der Waals surface area (Å²) in [7, 11) is 2.78. The summed E-state index contributed by atoms with van der Waals surface area (Å²) in [5.41, 5.74) is 6.42. The van der Waals surface area contributed by atoms with Gasteiger partial charge in [0.15, 0.2) is 0 Å². The summed E-state index contributed by atoms with van der Waals surface area (Å²) in [5.74, 6) is 0.996. The number of benzene rings is 3. The van der Waals surface area contributed by atoms with Crippen molar-refractivity contribution in [3.05, 3.63) is 77.9 Å². The molecule has 1 fully saturated rings. The molecular weight excluding hydrogens is 371 g/mol. The van der Waals surface area contributed by atoms with Crippen molar-refractivity contribution in [1.82, 2.24) is 0 Å². The second kappa shape index (κ2) is 9.14. The maximum atomic E-state index is 6.19. The highest BCUT2D eigenvalue weighted by molar-refractivity contribution is 7.16. The van der Waals surface area contributed by atoms with E-state index in [1.165, 1.54) is 70.7 Å². The van der Waals surface area contributed by atoms with Crippen molar-refractivity contribution in [2.24, 2.45) is 0 Å². The molecule has 0 radical (unpaired) electrons. The summed E-state index contributed by atoms with van der Waals surface area (Å²) in [6.07, 6.45) is 8.61. The van der Waals surface area contributed by atoms with Gasteiger partial charge in [0.05, 0.1) is 6.10 Å². The van der Waals surface area contributed by atoms with E-state index in [9.17, 15) is 0 Å². The Balaban J connectivity index is 1.59. The van der Waals surface area contributed by atoms with Gasteiger partial charge in [-0.1, -0.05) is 55.0 Å². The third-order valence-corrected chi connectivity index (χ3v) is 6.67. The Morgan fingerprint density at radius 2 is 1.66 bits per heavy atom. The first-order chi connectivity index (χ1) is 14.1. The quantitative estimate of drug-likeness (QED) is 0.306. The van der Waals surface area contributed by atoms with Crippen LogP contribution in [0.1, 0.15) is 43.2 Å². The van der Waals surface area contributed by atoms with Crippen LogP contribution < -0.4 is 4.74 Å². The molecule has 0 N–H and O–H groups in total. The third kappa shape index (κ3) is 4.73. The lowest BCUT2D eigenvalue weighted by molar-refractivity contribution is 0.155. The monoisotopic (exact) mass is 402 g/mol. The van der Waals surface area contributed by atoms with Crippen molar-refractivity contribution >= 4 is 20.0 Å². The average molecular weight is 403 g/mol. The fourth-order valence-corrected chi connectivity index (χ4v) is 4.48. The summed E-state index contributed by atoms with van der Waals surface area (Å²) in [6.45, 7) is 6.38. The fraction of sp³-hybridized carbons (Fsp3) is 0.333. The number of ether oxygens (including phenoxy) is 1. The van der Waals surface area contributed by atoms with E-state index in [1.807, 2.05) is 0 Å². The third-order valence-electron chi connectivity index (χ3n) is 6.10. The number of fused-ring (bicyclic) bond motifs is 1. The molecular formula is C27H31OP. The van der Waals surface area contributed by atoms with Crippen LogP contribution in [0.15, 0.2) is 66.7 Å². The van der Waals surface area contributed by atoms with Crippen LogP contribution in [0.5, 0.6) is 5.75 Å². The van der Waals surface area contributed by atoms with Gasteiger partial charge in [-0.3, -0.25) is 0 Å². The Bertz CT molecular complexity index is 997. The van der Waals surface area contributed by atoms with Crippen LogP contribution in [0, 0.1) is 6.92 Å². The Morgan fingerprint density at radius 3 is 2.38 bits per heavy atom. The minimum absolute atomic E-state index is 0.396. The average Bonchev–Trinajstić information content (AvgIpc) is 2.77. The van der Waals surface area contributed by atoms with Crippen LogP contribution in [-0.2, 0) is 6.42 Å². The van der Waals surface area contributed by atoms with Gasteiger partial charge in [-0.25, -0.2) is 0 Å². The molecule has 0 aromatic heterocycles.